The van der Waals surface area contributed by atoms with Gasteiger partial charge in [0.15, 0.2) is 6.61 Å². The van der Waals surface area contributed by atoms with Crippen LogP contribution < -0.4 is 4.74 Å². The van der Waals surface area contributed by atoms with E-state index in [2.05, 4.69) is 0 Å². The molecule has 0 saturated heterocycles. The summed E-state index contributed by atoms with van der Waals surface area (Å²) in [5, 5.41) is 10.3. The Balaban J connectivity index is 2.54. The predicted molar refractivity (Wildman–Crippen MR) is 75.6 cm³/mol. The van der Waals surface area contributed by atoms with E-state index in [9.17, 15) is 9.90 Å². The summed E-state index contributed by atoms with van der Waals surface area (Å²) < 4.78 is 5.46. The fourth-order valence-electron chi connectivity index (χ4n) is 1.69. The third-order valence-corrected chi connectivity index (χ3v) is 2.77. The monoisotopic (exact) mass is 285 g/mol. The maximum Gasteiger partial charge on any atom is 0.260 e. The number of aryl methyl sites for hydroxylation is 1. The van der Waals surface area contributed by atoms with Crippen molar-refractivity contribution in [2.45, 2.75) is 26.4 Å². The van der Waals surface area contributed by atoms with Gasteiger partial charge in [-0.1, -0.05) is 11.6 Å². The molecule has 0 bridgehead atoms. The average Bonchev–Trinajstić information content (AvgIpc) is 2.25. The summed E-state index contributed by atoms with van der Waals surface area (Å²) in [5.74, 6) is 0.450. The SMILES string of the molecule is Cc1cc(Cl)ccc1OCC(=O)N(C)CC(C)(C)O. The third-order valence-electron chi connectivity index (χ3n) is 2.54. The van der Waals surface area contributed by atoms with Gasteiger partial charge in [-0.15, -0.1) is 0 Å². The molecule has 0 fully saturated rings. The number of hydrogen-bond donors (Lipinski definition) is 1. The smallest absolute Gasteiger partial charge is 0.260 e. The molecule has 0 atom stereocenters. The van der Waals surface area contributed by atoms with Gasteiger partial charge >= 0.3 is 0 Å². The number of nitrogens with zero attached hydrogens (tertiary/aromatic N) is 1. The average molecular weight is 286 g/mol. The van der Waals surface area contributed by atoms with Crippen molar-refractivity contribution in [3.8, 4) is 5.75 Å². The Bertz CT molecular complexity index is 454. The minimum atomic E-state index is -0.916. The van der Waals surface area contributed by atoms with E-state index < -0.39 is 5.60 Å². The van der Waals surface area contributed by atoms with Crippen molar-refractivity contribution in [3.63, 3.8) is 0 Å². The first kappa shape index (κ1) is 15.8. The normalized spacial score (nSPS) is 11.3. The van der Waals surface area contributed by atoms with Crippen LogP contribution in [0.15, 0.2) is 18.2 Å². The molecule has 19 heavy (non-hydrogen) atoms. The largest absolute Gasteiger partial charge is 0.483 e. The molecule has 5 heteroatoms. The van der Waals surface area contributed by atoms with E-state index in [0.717, 1.165) is 5.56 Å². The molecular weight excluding hydrogens is 266 g/mol. The lowest BCUT2D eigenvalue weighted by atomic mass is 10.1. The number of ether oxygens (including phenoxy) is 1. The van der Waals surface area contributed by atoms with Crippen LogP contribution in [-0.2, 0) is 4.79 Å². The molecule has 1 amide bonds. The van der Waals surface area contributed by atoms with Gasteiger partial charge in [0.25, 0.3) is 5.91 Å². The molecule has 0 unspecified atom stereocenters. The van der Waals surface area contributed by atoms with Crippen LogP contribution in [-0.4, -0.2) is 41.7 Å². The number of amides is 1. The Labute approximate surface area is 118 Å². The molecule has 0 aliphatic carbocycles. The zero-order valence-electron chi connectivity index (χ0n) is 11.7. The predicted octanol–water partition coefficient (Wildman–Crippen LogP) is 2.26. The summed E-state index contributed by atoms with van der Waals surface area (Å²) in [6.45, 7) is 5.37. The first-order chi connectivity index (χ1) is 8.69. The van der Waals surface area contributed by atoms with Crippen LogP contribution in [0.5, 0.6) is 5.75 Å². The van der Waals surface area contributed by atoms with E-state index >= 15 is 0 Å². The molecule has 1 rings (SSSR count). The van der Waals surface area contributed by atoms with Crippen molar-refractivity contribution in [3.05, 3.63) is 28.8 Å². The van der Waals surface area contributed by atoms with Crippen LogP contribution in [0.25, 0.3) is 0 Å². The second kappa shape index (κ2) is 6.26. The summed E-state index contributed by atoms with van der Waals surface area (Å²) in [6.07, 6.45) is 0. The molecule has 0 spiro atoms. The van der Waals surface area contributed by atoms with E-state index in [0.29, 0.717) is 10.8 Å². The van der Waals surface area contributed by atoms with Gasteiger partial charge in [-0.25, -0.2) is 0 Å². The zero-order chi connectivity index (χ0) is 14.6. The number of aliphatic hydroxyl groups is 1. The van der Waals surface area contributed by atoms with Crippen molar-refractivity contribution in [1.29, 1.82) is 0 Å². The maximum absolute atomic E-state index is 11.8. The fourth-order valence-corrected chi connectivity index (χ4v) is 1.92. The van der Waals surface area contributed by atoms with Crippen LogP contribution in [0.3, 0.4) is 0 Å². The first-order valence-corrected chi connectivity index (χ1v) is 6.42. The van der Waals surface area contributed by atoms with Gasteiger partial charge in [0.05, 0.1) is 5.60 Å². The summed E-state index contributed by atoms with van der Waals surface area (Å²) >= 11 is 5.84. The molecule has 1 aromatic carbocycles. The Kier molecular flexibility index (Phi) is 5.20. The second-order valence-electron chi connectivity index (χ2n) is 5.26. The molecule has 4 nitrogen and oxygen atoms in total. The summed E-state index contributed by atoms with van der Waals surface area (Å²) in [6, 6.07) is 5.23. The molecule has 0 heterocycles. The Morgan fingerprint density at radius 1 is 1.47 bits per heavy atom. The van der Waals surface area contributed by atoms with Crippen LogP contribution in [0.2, 0.25) is 5.02 Å². The van der Waals surface area contributed by atoms with Crippen LogP contribution in [0.1, 0.15) is 19.4 Å². The highest BCUT2D eigenvalue weighted by atomic mass is 35.5. The van der Waals surface area contributed by atoms with Gasteiger partial charge in [-0.3, -0.25) is 4.79 Å². The highest BCUT2D eigenvalue weighted by Gasteiger charge is 2.19. The van der Waals surface area contributed by atoms with Gasteiger partial charge in [0.1, 0.15) is 5.75 Å². The Hall–Kier alpha value is -1.26. The molecule has 1 aromatic rings. The summed E-state index contributed by atoms with van der Waals surface area (Å²) in [7, 11) is 1.64. The number of benzene rings is 1. The molecular formula is C14H20ClNO3. The van der Waals surface area contributed by atoms with Crippen LogP contribution >= 0.6 is 11.6 Å². The highest BCUT2D eigenvalue weighted by molar-refractivity contribution is 6.30. The lowest BCUT2D eigenvalue weighted by Crippen LogP contribution is -2.41. The van der Waals surface area contributed by atoms with Crippen molar-refractivity contribution in [1.82, 2.24) is 4.90 Å². The molecule has 0 aromatic heterocycles. The molecule has 0 radical (unpaired) electrons. The standard InChI is InChI=1S/C14H20ClNO3/c1-10-7-11(15)5-6-12(10)19-8-13(17)16(4)9-14(2,3)18/h5-7,18H,8-9H2,1-4H3. The molecule has 106 valence electrons. The number of hydrogen-bond acceptors (Lipinski definition) is 3. The minimum Gasteiger partial charge on any atom is -0.483 e. The Morgan fingerprint density at radius 3 is 2.63 bits per heavy atom. The van der Waals surface area contributed by atoms with Crippen molar-refractivity contribution in [2.24, 2.45) is 0 Å². The minimum absolute atomic E-state index is 0.0605. The Morgan fingerprint density at radius 2 is 2.11 bits per heavy atom. The third kappa shape index (κ3) is 5.49. The van der Waals surface area contributed by atoms with Crippen molar-refractivity contribution < 1.29 is 14.6 Å². The molecule has 0 aliphatic heterocycles. The van der Waals surface area contributed by atoms with Crippen molar-refractivity contribution in [2.75, 3.05) is 20.2 Å². The van der Waals surface area contributed by atoms with E-state index in [1.165, 1.54) is 4.90 Å². The topological polar surface area (TPSA) is 49.8 Å². The molecule has 1 N–H and O–H groups in total. The van der Waals surface area contributed by atoms with Gasteiger partial charge in [-0.05, 0) is 44.5 Å². The first-order valence-electron chi connectivity index (χ1n) is 6.04. The number of halogens is 1. The number of carbonyl (C=O) groups excluding carboxylic acids is 1. The lowest BCUT2D eigenvalue weighted by Gasteiger charge is -2.25. The fraction of sp³-hybridized carbons (Fsp3) is 0.500. The van der Waals surface area contributed by atoms with E-state index in [1.807, 2.05) is 6.92 Å². The quantitative estimate of drug-likeness (QED) is 0.903. The number of likely N-dealkylation sites (N-methyl/N-ethyl adjacent to an activating group) is 1. The lowest BCUT2D eigenvalue weighted by molar-refractivity contribution is -0.134. The van der Waals surface area contributed by atoms with E-state index in [-0.39, 0.29) is 19.1 Å². The van der Waals surface area contributed by atoms with Gasteiger partial charge in [0, 0.05) is 18.6 Å². The van der Waals surface area contributed by atoms with Crippen molar-refractivity contribution >= 4 is 17.5 Å². The molecule has 0 aliphatic rings. The number of rotatable bonds is 5. The van der Waals surface area contributed by atoms with Gasteiger partial charge < -0.3 is 14.7 Å². The zero-order valence-corrected chi connectivity index (χ0v) is 12.5. The van der Waals surface area contributed by atoms with Crippen LogP contribution in [0, 0.1) is 6.92 Å². The second-order valence-corrected chi connectivity index (χ2v) is 5.70. The summed E-state index contributed by atoms with van der Waals surface area (Å²) in [5.41, 5.74) is -0.0360. The van der Waals surface area contributed by atoms with Crippen LogP contribution in [0.4, 0.5) is 0 Å². The summed E-state index contributed by atoms with van der Waals surface area (Å²) in [4.78, 5) is 13.3. The highest BCUT2D eigenvalue weighted by Crippen LogP contribution is 2.21. The van der Waals surface area contributed by atoms with Gasteiger partial charge in [-0.2, -0.15) is 0 Å². The molecule has 0 saturated carbocycles. The maximum atomic E-state index is 11.8. The van der Waals surface area contributed by atoms with E-state index in [1.54, 1.807) is 39.1 Å². The van der Waals surface area contributed by atoms with Gasteiger partial charge in [0.2, 0.25) is 0 Å². The number of carbonyl (C=O) groups is 1. The van der Waals surface area contributed by atoms with E-state index in [4.69, 9.17) is 16.3 Å².